The van der Waals surface area contributed by atoms with Gasteiger partial charge in [-0.05, 0) is 47.9 Å². The Kier molecular flexibility index (Phi) is 5.04. The Morgan fingerprint density at radius 3 is 0.909 bits per heavy atom. The lowest BCUT2D eigenvalue weighted by atomic mass is 10.0. The molecule has 0 fully saturated rings. The molecular weight excluding hydrogens is 264 g/mol. The molecule has 0 heterocycles. The molecule has 0 spiro atoms. The Morgan fingerprint density at radius 2 is 0.591 bits per heavy atom. The maximum atomic E-state index is 2.28. The van der Waals surface area contributed by atoms with Crippen LogP contribution in [0.4, 0.5) is 0 Å². The molecule has 0 aliphatic heterocycles. The second-order valence-corrected chi connectivity index (χ2v) is 5.79. The predicted molar refractivity (Wildman–Crippen MR) is 94.1 cm³/mol. The molecule has 0 N–H and O–H groups in total. The third-order valence-electron chi connectivity index (χ3n) is 4.11. The molecule has 3 aromatic carbocycles. The van der Waals surface area contributed by atoms with Crippen molar-refractivity contribution in [2.45, 2.75) is 25.7 Å². The Labute approximate surface area is 133 Å². The van der Waals surface area contributed by atoms with Crippen LogP contribution in [-0.2, 0) is 25.7 Å². The van der Waals surface area contributed by atoms with E-state index in [1.165, 1.54) is 22.3 Å². The minimum absolute atomic E-state index is 1.11. The minimum Gasteiger partial charge on any atom is -0.0622 e. The first-order valence-corrected chi connectivity index (χ1v) is 8.06. The topological polar surface area (TPSA) is 0 Å². The Hall–Kier alpha value is -2.34. The molecule has 0 aliphatic carbocycles. The van der Waals surface area contributed by atoms with E-state index >= 15 is 0 Å². The summed E-state index contributed by atoms with van der Waals surface area (Å²) in [6.07, 6.45) is 4.46. The van der Waals surface area contributed by atoms with Crippen LogP contribution < -0.4 is 0 Å². The minimum atomic E-state index is 1.11. The van der Waals surface area contributed by atoms with E-state index < -0.39 is 0 Å². The van der Waals surface area contributed by atoms with Crippen LogP contribution in [-0.4, -0.2) is 0 Å². The molecule has 0 heteroatoms. The van der Waals surface area contributed by atoms with E-state index in [-0.39, 0.29) is 0 Å². The smallest absolute Gasteiger partial charge is 0.0238 e. The van der Waals surface area contributed by atoms with Gasteiger partial charge in [0, 0.05) is 0 Å². The quantitative estimate of drug-likeness (QED) is 0.580. The van der Waals surface area contributed by atoms with Gasteiger partial charge in [-0.3, -0.25) is 0 Å². The molecule has 0 nitrogen and oxygen atoms in total. The van der Waals surface area contributed by atoms with Gasteiger partial charge in [-0.15, -0.1) is 0 Å². The summed E-state index contributed by atoms with van der Waals surface area (Å²) in [4.78, 5) is 0. The zero-order valence-corrected chi connectivity index (χ0v) is 12.9. The normalized spacial score (nSPS) is 10.5. The van der Waals surface area contributed by atoms with Crippen molar-refractivity contribution in [2.75, 3.05) is 0 Å². The summed E-state index contributed by atoms with van der Waals surface area (Å²) in [6.45, 7) is 0. The lowest BCUT2D eigenvalue weighted by Gasteiger charge is -2.05. The zero-order valence-electron chi connectivity index (χ0n) is 12.9. The SMILES string of the molecule is c1ccc(CCc2ccc(CCc3ccccc3)cc2)cc1. The molecule has 22 heavy (non-hydrogen) atoms. The molecule has 0 saturated heterocycles. The molecule has 0 saturated carbocycles. The standard InChI is InChI=1S/C22H22/c1-3-7-19(8-4-1)11-13-21-15-17-22(18-16-21)14-12-20-9-5-2-6-10-20/h1-10,15-18H,11-14H2. The fraction of sp³-hybridized carbons (Fsp3) is 0.182. The van der Waals surface area contributed by atoms with E-state index in [1.54, 1.807) is 0 Å². The van der Waals surface area contributed by atoms with Crippen molar-refractivity contribution in [2.24, 2.45) is 0 Å². The van der Waals surface area contributed by atoms with Gasteiger partial charge in [0.1, 0.15) is 0 Å². The number of hydrogen-bond donors (Lipinski definition) is 0. The average molecular weight is 286 g/mol. The van der Waals surface area contributed by atoms with Gasteiger partial charge in [-0.25, -0.2) is 0 Å². The van der Waals surface area contributed by atoms with Crippen LogP contribution in [0.5, 0.6) is 0 Å². The van der Waals surface area contributed by atoms with Gasteiger partial charge in [-0.1, -0.05) is 84.9 Å². The van der Waals surface area contributed by atoms with Gasteiger partial charge >= 0.3 is 0 Å². The molecule has 0 radical (unpaired) electrons. The van der Waals surface area contributed by atoms with Crippen molar-refractivity contribution in [3.05, 3.63) is 107 Å². The van der Waals surface area contributed by atoms with Gasteiger partial charge in [-0.2, -0.15) is 0 Å². The first kappa shape index (κ1) is 14.6. The van der Waals surface area contributed by atoms with Gasteiger partial charge in [0.15, 0.2) is 0 Å². The van der Waals surface area contributed by atoms with Crippen LogP contribution >= 0.6 is 0 Å². The van der Waals surface area contributed by atoms with Crippen molar-refractivity contribution in [1.82, 2.24) is 0 Å². The number of benzene rings is 3. The van der Waals surface area contributed by atoms with Crippen LogP contribution in [0.15, 0.2) is 84.9 Å². The summed E-state index contributed by atoms with van der Waals surface area (Å²) in [5.41, 5.74) is 5.67. The Bertz CT molecular complexity index is 604. The van der Waals surface area contributed by atoms with Crippen LogP contribution in [0.1, 0.15) is 22.3 Å². The highest BCUT2D eigenvalue weighted by Crippen LogP contribution is 2.11. The highest BCUT2D eigenvalue weighted by atomic mass is 14.0. The highest BCUT2D eigenvalue weighted by molar-refractivity contribution is 5.26. The largest absolute Gasteiger partial charge is 0.0622 e. The third kappa shape index (κ3) is 4.33. The predicted octanol–water partition coefficient (Wildman–Crippen LogP) is 5.26. The lowest BCUT2D eigenvalue weighted by molar-refractivity contribution is 0.940. The Balaban J connectivity index is 1.52. The third-order valence-corrected chi connectivity index (χ3v) is 4.11. The number of aryl methyl sites for hydroxylation is 4. The van der Waals surface area contributed by atoms with E-state index in [0.717, 1.165) is 25.7 Å². The van der Waals surface area contributed by atoms with E-state index in [1.807, 2.05) is 0 Å². The summed E-state index contributed by atoms with van der Waals surface area (Å²) in [5, 5.41) is 0. The molecule has 0 unspecified atom stereocenters. The molecule has 3 rings (SSSR count). The van der Waals surface area contributed by atoms with E-state index in [4.69, 9.17) is 0 Å². The molecule has 3 aromatic rings. The molecule has 0 amide bonds. The summed E-state index contributed by atoms with van der Waals surface area (Å²) in [5.74, 6) is 0. The van der Waals surface area contributed by atoms with Crippen molar-refractivity contribution in [3.63, 3.8) is 0 Å². The van der Waals surface area contributed by atoms with Crippen LogP contribution in [0.2, 0.25) is 0 Å². The molecule has 0 aromatic heterocycles. The molecule has 0 aliphatic rings. The first-order chi connectivity index (χ1) is 10.9. The second-order valence-electron chi connectivity index (χ2n) is 5.79. The second kappa shape index (κ2) is 7.61. The van der Waals surface area contributed by atoms with Gasteiger partial charge in [0.05, 0.1) is 0 Å². The first-order valence-electron chi connectivity index (χ1n) is 8.06. The number of rotatable bonds is 6. The maximum absolute atomic E-state index is 2.28. The average Bonchev–Trinajstić information content (AvgIpc) is 2.61. The van der Waals surface area contributed by atoms with Crippen LogP contribution in [0, 0.1) is 0 Å². The molecular formula is C22H22. The summed E-state index contributed by atoms with van der Waals surface area (Å²) in [7, 11) is 0. The molecule has 110 valence electrons. The molecule has 0 bridgehead atoms. The van der Waals surface area contributed by atoms with Crippen molar-refractivity contribution in [1.29, 1.82) is 0 Å². The van der Waals surface area contributed by atoms with Crippen LogP contribution in [0.25, 0.3) is 0 Å². The van der Waals surface area contributed by atoms with Gasteiger partial charge < -0.3 is 0 Å². The maximum Gasteiger partial charge on any atom is -0.0238 e. The number of hydrogen-bond acceptors (Lipinski definition) is 0. The van der Waals surface area contributed by atoms with E-state index in [0.29, 0.717) is 0 Å². The van der Waals surface area contributed by atoms with Crippen LogP contribution in [0.3, 0.4) is 0 Å². The van der Waals surface area contributed by atoms with E-state index in [9.17, 15) is 0 Å². The van der Waals surface area contributed by atoms with Crippen molar-refractivity contribution in [3.8, 4) is 0 Å². The zero-order chi connectivity index (χ0) is 15.0. The Morgan fingerprint density at radius 1 is 0.318 bits per heavy atom. The highest BCUT2D eigenvalue weighted by Gasteiger charge is 1.98. The van der Waals surface area contributed by atoms with Gasteiger partial charge in [0.2, 0.25) is 0 Å². The fourth-order valence-electron chi connectivity index (χ4n) is 2.74. The summed E-state index contributed by atoms with van der Waals surface area (Å²) < 4.78 is 0. The lowest BCUT2D eigenvalue weighted by Crippen LogP contribution is -1.94. The van der Waals surface area contributed by atoms with E-state index in [2.05, 4.69) is 84.9 Å². The fourth-order valence-corrected chi connectivity index (χ4v) is 2.74. The van der Waals surface area contributed by atoms with Crippen molar-refractivity contribution >= 4 is 0 Å². The molecule has 0 atom stereocenters. The summed E-state index contributed by atoms with van der Waals surface area (Å²) in [6, 6.07) is 30.5. The summed E-state index contributed by atoms with van der Waals surface area (Å²) >= 11 is 0. The van der Waals surface area contributed by atoms with Gasteiger partial charge in [0.25, 0.3) is 0 Å². The monoisotopic (exact) mass is 286 g/mol. The van der Waals surface area contributed by atoms with Crippen molar-refractivity contribution < 1.29 is 0 Å².